The van der Waals surface area contributed by atoms with Gasteiger partial charge in [0.2, 0.25) is 5.76 Å². The van der Waals surface area contributed by atoms with E-state index in [-0.39, 0.29) is 11.7 Å². The SMILES string of the molecule is CN(C)NC(=O)c1ccno1. The van der Waals surface area contributed by atoms with Crippen LogP contribution in [0, 0.1) is 0 Å². The van der Waals surface area contributed by atoms with E-state index in [0.29, 0.717) is 0 Å². The Morgan fingerprint density at radius 3 is 2.91 bits per heavy atom. The summed E-state index contributed by atoms with van der Waals surface area (Å²) >= 11 is 0. The molecule has 0 unspecified atom stereocenters. The first-order valence-electron chi connectivity index (χ1n) is 3.09. The molecule has 11 heavy (non-hydrogen) atoms. The maximum Gasteiger partial charge on any atom is 0.304 e. The summed E-state index contributed by atoms with van der Waals surface area (Å²) in [4.78, 5) is 11.0. The van der Waals surface area contributed by atoms with Gasteiger partial charge in [-0.3, -0.25) is 10.2 Å². The average molecular weight is 155 g/mol. The molecule has 1 rings (SSSR count). The molecule has 1 heterocycles. The van der Waals surface area contributed by atoms with E-state index in [1.165, 1.54) is 17.3 Å². The van der Waals surface area contributed by atoms with Crippen molar-refractivity contribution in [1.82, 2.24) is 15.6 Å². The van der Waals surface area contributed by atoms with Crippen LogP contribution in [0.3, 0.4) is 0 Å². The number of hydrazine groups is 1. The van der Waals surface area contributed by atoms with Crippen molar-refractivity contribution < 1.29 is 9.32 Å². The van der Waals surface area contributed by atoms with Crippen molar-refractivity contribution in [2.75, 3.05) is 14.1 Å². The van der Waals surface area contributed by atoms with Gasteiger partial charge in [-0.05, 0) is 0 Å². The van der Waals surface area contributed by atoms with Gasteiger partial charge in [0.05, 0.1) is 6.20 Å². The standard InChI is InChI=1S/C6H9N3O2/c1-9(2)8-6(10)5-3-4-7-11-5/h3-4H,1-2H3,(H,8,10). The predicted molar refractivity (Wildman–Crippen MR) is 37.7 cm³/mol. The second-order valence-electron chi connectivity index (χ2n) is 2.21. The predicted octanol–water partition coefficient (Wildman–Crippen LogP) is -0.119. The van der Waals surface area contributed by atoms with Crippen molar-refractivity contribution in [1.29, 1.82) is 0 Å². The molecule has 0 atom stereocenters. The maximum atomic E-state index is 11.0. The quantitative estimate of drug-likeness (QED) is 0.605. The number of carbonyl (C=O) groups is 1. The molecule has 1 amide bonds. The zero-order valence-corrected chi connectivity index (χ0v) is 6.37. The van der Waals surface area contributed by atoms with Gasteiger partial charge in [-0.25, -0.2) is 5.01 Å². The molecule has 1 N–H and O–H groups in total. The number of aromatic nitrogens is 1. The Labute approximate surface area is 63.9 Å². The lowest BCUT2D eigenvalue weighted by Gasteiger charge is -2.08. The van der Waals surface area contributed by atoms with Gasteiger partial charge in [0.15, 0.2) is 0 Å². The summed E-state index contributed by atoms with van der Waals surface area (Å²) in [6, 6.07) is 1.50. The molecule has 0 aliphatic rings. The molecule has 1 aromatic heterocycles. The molecular formula is C6H9N3O2. The van der Waals surface area contributed by atoms with Crippen LogP contribution in [-0.4, -0.2) is 30.2 Å². The van der Waals surface area contributed by atoms with Crippen LogP contribution >= 0.6 is 0 Å². The molecule has 0 aromatic carbocycles. The molecule has 0 aliphatic carbocycles. The van der Waals surface area contributed by atoms with Crippen molar-refractivity contribution in [3.05, 3.63) is 18.0 Å². The number of amides is 1. The monoisotopic (exact) mass is 155 g/mol. The van der Waals surface area contributed by atoms with Crippen molar-refractivity contribution in [2.24, 2.45) is 0 Å². The maximum absolute atomic E-state index is 11.0. The molecule has 0 radical (unpaired) electrons. The van der Waals surface area contributed by atoms with Gasteiger partial charge in [-0.1, -0.05) is 5.16 Å². The largest absolute Gasteiger partial charge is 0.351 e. The van der Waals surface area contributed by atoms with Crippen molar-refractivity contribution >= 4 is 5.91 Å². The normalized spacial score (nSPS) is 10.1. The third kappa shape index (κ3) is 2.05. The van der Waals surface area contributed by atoms with E-state index in [4.69, 9.17) is 0 Å². The molecule has 5 nitrogen and oxygen atoms in total. The highest BCUT2D eigenvalue weighted by Crippen LogP contribution is 1.94. The van der Waals surface area contributed by atoms with E-state index >= 15 is 0 Å². The summed E-state index contributed by atoms with van der Waals surface area (Å²) in [5, 5.41) is 4.93. The first kappa shape index (κ1) is 7.74. The third-order valence-electron chi connectivity index (χ3n) is 0.987. The minimum atomic E-state index is -0.299. The Balaban J connectivity index is 2.57. The summed E-state index contributed by atoms with van der Waals surface area (Å²) in [5.74, 6) is -0.0915. The molecular weight excluding hydrogens is 146 g/mol. The van der Waals surface area contributed by atoms with Gasteiger partial charge < -0.3 is 4.52 Å². The first-order chi connectivity index (χ1) is 5.20. The molecule has 0 spiro atoms. The topological polar surface area (TPSA) is 58.4 Å². The average Bonchev–Trinajstić information content (AvgIpc) is 2.35. The van der Waals surface area contributed by atoms with E-state index < -0.39 is 0 Å². The minimum Gasteiger partial charge on any atom is -0.351 e. The zero-order chi connectivity index (χ0) is 8.27. The van der Waals surface area contributed by atoms with Crippen LogP contribution in [0.15, 0.2) is 16.8 Å². The number of hydrogen-bond donors (Lipinski definition) is 1. The van der Waals surface area contributed by atoms with E-state index in [9.17, 15) is 4.79 Å². The van der Waals surface area contributed by atoms with Crippen molar-refractivity contribution in [3.8, 4) is 0 Å². The molecule has 5 heteroatoms. The fourth-order valence-electron chi connectivity index (χ4n) is 0.591. The Morgan fingerprint density at radius 2 is 2.45 bits per heavy atom. The van der Waals surface area contributed by atoms with Crippen LogP contribution < -0.4 is 5.43 Å². The number of nitrogens with zero attached hydrogens (tertiary/aromatic N) is 2. The summed E-state index contributed by atoms with van der Waals surface area (Å²) < 4.78 is 4.61. The van der Waals surface area contributed by atoms with E-state index in [0.717, 1.165) is 0 Å². The van der Waals surface area contributed by atoms with Crippen LogP contribution in [0.1, 0.15) is 10.6 Å². The molecule has 0 saturated heterocycles. The summed E-state index contributed by atoms with van der Waals surface area (Å²) in [6.45, 7) is 0. The summed E-state index contributed by atoms with van der Waals surface area (Å²) in [6.07, 6.45) is 1.42. The lowest BCUT2D eigenvalue weighted by atomic mass is 10.4. The van der Waals surface area contributed by atoms with Crippen LogP contribution in [-0.2, 0) is 0 Å². The fraction of sp³-hybridized carbons (Fsp3) is 0.333. The van der Waals surface area contributed by atoms with Gasteiger partial charge in [-0.2, -0.15) is 0 Å². The van der Waals surface area contributed by atoms with Gasteiger partial charge in [0.25, 0.3) is 0 Å². The van der Waals surface area contributed by atoms with E-state index in [2.05, 4.69) is 15.1 Å². The molecule has 0 saturated carbocycles. The first-order valence-corrected chi connectivity index (χ1v) is 3.09. The number of nitrogens with one attached hydrogen (secondary N) is 1. The van der Waals surface area contributed by atoms with Crippen molar-refractivity contribution in [2.45, 2.75) is 0 Å². The number of rotatable bonds is 2. The van der Waals surface area contributed by atoms with Gasteiger partial charge in [0, 0.05) is 20.2 Å². The highest BCUT2D eigenvalue weighted by molar-refractivity contribution is 5.90. The van der Waals surface area contributed by atoms with Crippen LogP contribution in [0.4, 0.5) is 0 Å². The van der Waals surface area contributed by atoms with Crippen LogP contribution in [0.2, 0.25) is 0 Å². The Bertz CT molecular complexity index is 230. The van der Waals surface area contributed by atoms with Gasteiger partial charge in [-0.15, -0.1) is 0 Å². The highest BCUT2D eigenvalue weighted by Gasteiger charge is 2.08. The fourth-order valence-corrected chi connectivity index (χ4v) is 0.591. The van der Waals surface area contributed by atoms with Crippen LogP contribution in [0.25, 0.3) is 0 Å². The Morgan fingerprint density at radius 1 is 1.73 bits per heavy atom. The van der Waals surface area contributed by atoms with Crippen molar-refractivity contribution in [3.63, 3.8) is 0 Å². The smallest absolute Gasteiger partial charge is 0.304 e. The van der Waals surface area contributed by atoms with Crippen LogP contribution in [0.5, 0.6) is 0 Å². The lowest BCUT2D eigenvalue weighted by Crippen LogP contribution is -2.35. The second-order valence-corrected chi connectivity index (χ2v) is 2.21. The second kappa shape index (κ2) is 3.16. The molecule has 1 aromatic rings. The third-order valence-corrected chi connectivity index (χ3v) is 0.987. The molecule has 0 bridgehead atoms. The van der Waals surface area contributed by atoms with Gasteiger partial charge in [0.1, 0.15) is 0 Å². The van der Waals surface area contributed by atoms with Gasteiger partial charge >= 0.3 is 5.91 Å². The summed E-state index contributed by atoms with van der Waals surface area (Å²) in [5.41, 5.74) is 2.51. The minimum absolute atomic E-state index is 0.207. The zero-order valence-electron chi connectivity index (χ0n) is 6.37. The molecule has 0 fully saturated rings. The highest BCUT2D eigenvalue weighted by atomic mass is 16.5. The Kier molecular flexibility index (Phi) is 2.22. The molecule has 0 aliphatic heterocycles. The van der Waals surface area contributed by atoms with E-state index in [1.807, 2.05) is 0 Å². The molecule has 60 valence electrons. The number of hydrogen-bond acceptors (Lipinski definition) is 4. The number of carbonyl (C=O) groups excluding carboxylic acids is 1. The summed E-state index contributed by atoms with van der Waals surface area (Å²) in [7, 11) is 3.43. The Hall–Kier alpha value is -1.36. The van der Waals surface area contributed by atoms with E-state index in [1.54, 1.807) is 14.1 Å². The lowest BCUT2D eigenvalue weighted by molar-refractivity contribution is 0.0818.